The van der Waals surface area contributed by atoms with Gasteiger partial charge < -0.3 is 0 Å². The van der Waals surface area contributed by atoms with Crippen molar-refractivity contribution in [3.8, 4) is 0 Å². The van der Waals surface area contributed by atoms with Gasteiger partial charge >= 0.3 is 0 Å². The van der Waals surface area contributed by atoms with E-state index in [-0.39, 0.29) is 4.90 Å². The lowest BCUT2D eigenvalue weighted by molar-refractivity contribution is 0.601. The molecule has 0 aliphatic rings. The fourth-order valence-electron chi connectivity index (χ4n) is 1.67. The lowest BCUT2D eigenvalue weighted by atomic mass is 10.1. The van der Waals surface area contributed by atoms with Gasteiger partial charge in [0.05, 0.1) is 4.90 Å². The summed E-state index contributed by atoms with van der Waals surface area (Å²) in [7, 11) is -3.58. The first-order valence-corrected chi connectivity index (χ1v) is 7.55. The van der Waals surface area contributed by atoms with E-state index in [2.05, 4.69) is 14.9 Å². The molecule has 0 radical (unpaired) electrons. The van der Waals surface area contributed by atoms with E-state index in [0.717, 1.165) is 23.2 Å². The number of nitrogens with one attached hydrogen (secondary N) is 2. The van der Waals surface area contributed by atoms with Crippen LogP contribution in [0.25, 0.3) is 0 Å². The standard InChI is InChI=1S/C13H17N3O2S/c1-4-11-8-13(15-14-11)16-19(17,18)12-6-5-9(2)10(3)7-12/h5-8H,4H2,1-3H3,(H2,14,15,16). The average molecular weight is 279 g/mol. The fourth-order valence-corrected chi connectivity index (χ4v) is 2.75. The summed E-state index contributed by atoms with van der Waals surface area (Å²) >= 11 is 0. The maximum atomic E-state index is 12.2. The van der Waals surface area contributed by atoms with Crippen molar-refractivity contribution in [2.45, 2.75) is 32.1 Å². The molecule has 1 aromatic carbocycles. The minimum Gasteiger partial charge on any atom is -0.280 e. The Hall–Kier alpha value is -1.82. The number of H-pyrrole nitrogens is 1. The van der Waals surface area contributed by atoms with Crippen molar-refractivity contribution in [1.29, 1.82) is 0 Å². The molecule has 19 heavy (non-hydrogen) atoms. The van der Waals surface area contributed by atoms with Gasteiger partial charge in [0, 0.05) is 11.8 Å². The van der Waals surface area contributed by atoms with E-state index in [1.54, 1.807) is 24.3 Å². The van der Waals surface area contributed by atoms with Crippen molar-refractivity contribution < 1.29 is 8.42 Å². The van der Waals surface area contributed by atoms with E-state index in [0.29, 0.717) is 5.82 Å². The minimum absolute atomic E-state index is 0.247. The normalized spacial score (nSPS) is 11.5. The number of benzene rings is 1. The maximum absolute atomic E-state index is 12.2. The van der Waals surface area contributed by atoms with Crippen LogP contribution in [0.4, 0.5) is 5.82 Å². The Morgan fingerprint density at radius 2 is 1.95 bits per heavy atom. The highest BCUT2D eigenvalue weighted by Crippen LogP contribution is 2.18. The molecule has 102 valence electrons. The Labute approximate surface area is 113 Å². The topological polar surface area (TPSA) is 74.8 Å². The summed E-state index contributed by atoms with van der Waals surface area (Å²) in [5.41, 5.74) is 2.89. The number of aromatic nitrogens is 2. The molecule has 5 nitrogen and oxygen atoms in total. The number of hydrogen-bond donors (Lipinski definition) is 2. The van der Waals surface area contributed by atoms with E-state index in [1.807, 2.05) is 20.8 Å². The number of rotatable bonds is 4. The van der Waals surface area contributed by atoms with Crippen LogP contribution < -0.4 is 4.72 Å². The third-order valence-corrected chi connectivity index (χ3v) is 4.39. The van der Waals surface area contributed by atoms with Crippen LogP contribution >= 0.6 is 0 Å². The van der Waals surface area contributed by atoms with Gasteiger partial charge in [-0.1, -0.05) is 13.0 Å². The second kappa shape index (κ2) is 5.05. The summed E-state index contributed by atoms with van der Waals surface area (Å²) in [5.74, 6) is 0.315. The lowest BCUT2D eigenvalue weighted by Gasteiger charge is -2.07. The van der Waals surface area contributed by atoms with E-state index in [1.165, 1.54) is 0 Å². The quantitative estimate of drug-likeness (QED) is 0.902. The molecule has 0 fully saturated rings. The van der Waals surface area contributed by atoms with Crippen LogP contribution in [-0.4, -0.2) is 18.6 Å². The van der Waals surface area contributed by atoms with Crippen molar-refractivity contribution in [3.63, 3.8) is 0 Å². The molecule has 0 saturated heterocycles. The average Bonchev–Trinajstić information content (AvgIpc) is 2.79. The van der Waals surface area contributed by atoms with Crippen LogP contribution in [0.5, 0.6) is 0 Å². The van der Waals surface area contributed by atoms with Gasteiger partial charge in [-0.3, -0.25) is 9.82 Å². The molecule has 0 aliphatic carbocycles. The summed E-state index contributed by atoms with van der Waals surface area (Å²) in [6.07, 6.45) is 0.776. The van der Waals surface area contributed by atoms with Gasteiger partial charge in [0.25, 0.3) is 10.0 Å². The molecule has 0 amide bonds. The monoisotopic (exact) mass is 279 g/mol. The molecular weight excluding hydrogens is 262 g/mol. The van der Waals surface area contributed by atoms with Gasteiger partial charge in [0.1, 0.15) is 0 Å². The van der Waals surface area contributed by atoms with Crippen molar-refractivity contribution in [1.82, 2.24) is 10.2 Å². The number of aryl methyl sites for hydroxylation is 3. The molecular formula is C13H17N3O2S. The molecule has 0 bridgehead atoms. The second-order valence-electron chi connectivity index (χ2n) is 4.48. The van der Waals surface area contributed by atoms with Crippen LogP contribution in [0.3, 0.4) is 0 Å². The summed E-state index contributed by atoms with van der Waals surface area (Å²) in [6.45, 7) is 5.80. The highest BCUT2D eigenvalue weighted by Gasteiger charge is 2.16. The molecule has 2 aromatic rings. The Kier molecular flexibility index (Phi) is 3.61. The molecule has 1 heterocycles. The molecule has 0 atom stereocenters. The van der Waals surface area contributed by atoms with Crippen LogP contribution in [-0.2, 0) is 16.4 Å². The van der Waals surface area contributed by atoms with E-state index < -0.39 is 10.0 Å². The predicted molar refractivity (Wildman–Crippen MR) is 74.7 cm³/mol. The van der Waals surface area contributed by atoms with Crippen LogP contribution in [0, 0.1) is 13.8 Å². The largest absolute Gasteiger partial charge is 0.280 e. The van der Waals surface area contributed by atoms with Crippen molar-refractivity contribution in [2.24, 2.45) is 0 Å². The zero-order valence-corrected chi connectivity index (χ0v) is 12.0. The number of sulfonamides is 1. The van der Waals surface area contributed by atoms with Crippen molar-refractivity contribution in [2.75, 3.05) is 4.72 Å². The molecule has 1 aromatic heterocycles. The first-order valence-electron chi connectivity index (χ1n) is 6.06. The van der Waals surface area contributed by atoms with Crippen LogP contribution in [0.1, 0.15) is 23.7 Å². The summed E-state index contributed by atoms with van der Waals surface area (Å²) < 4.78 is 26.9. The van der Waals surface area contributed by atoms with Gasteiger partial charge in [-0.05, 0) is 43.5 Å². The molecule has 0 aliphatic heterocycles. The summed E-state index contributed by atoms with van der Waals surface area (Å²) in [4.78, 5) is 0.247. The fraction of sp³-hybridized carbons (Fsp3) is 0.308. The highest BCUT2D eigenvalue weighted by molar-refractivity contribution is 7.92. The summed E-state index contributed by atoms with van der Waals surface area (Å²) in [5, 5.41) is 6.70. The predicted octanol–water partition coefficient (Wildman–Crippen LogP) is 2.39. The Bertz CT molecular complexity index is 690. The Balaban J connectivity index is 2.29. The number of anilines is 1. The second-order valence-corrected chi connectivity index (χ2v) is 6.17. The zero-order chi connectivity index (χ0) is 14.0. The van der Waals surface area contributed by atoms with Gasteiger partial charge in [0.2, 0.25) is 0 Å². The third kappa shape index (κ3) is 2.96. The number of hydrogen-bond acceptors (Lipinski definition) is 3. The van der Waals surface area contributed by atoms with Crippen molar-refractivity contribution in [3.05, 3.63) is 41.1 Å². The number of nitrogens with zero attached hydrogens (tertiary/aromatic N) is 1. The molecule has 6 heteroatoms. The lowest BCUT2D eigenvalue weighted by Crippen LogP contribution is -2.13. The van der Waals surface area contributed by atoms with Gasteiger partial charge in [-0.25, -0.2) is 8.42 Å². The molecule has 0 spiro atoms. The van der Waals surface area contributed by atoms with E-state index >= 15 is 0 Å². The van der Waals surface area contributed by atoms with E-state index in [9.17, 15) is 8.42 Å². The minimum atomic E-state index is -3.58. The van der Waals surface area contributed by atoms with E-state index in [4.69, 9.17) is 0 Å². The van der Waals surface area contributed by atoms with Crippen LogP contribution in [0.2, 0.25) is 0 Å². The maximum Gasteiger partial charge on any atom is 0.263 e. The highest BCUT2D eigenvalue weighted by atomic mass is 32.2. The molecule has 0 saturated carbocycles. The molecule has 0 unspecified atom stereocenters. The first-order chi connectivity index (χ1) is 8.92. The third-order valence-electron chi connectivity index (χ3n) is 3.04. The zero-order valence-electron chi connectivity index (χ0n) is 11.2. The molecule has 2 N–H and O–H groups in total. The molecule has 2 rings (SSSR count). The summed E-state index contributed by atoms with van der Waals surface area (Å²) in [6, 6.07) is 6.74. The van der Waals surface area contributed by atoms with Gasteiger partial charge in [0.15, 0.2) is 5.82 Å². The van der Waals surface area contributed by atoms with Gasteiger partial charge in [-0.15, -0.1) is 0 Å². The van der Waals surface area contributed by atoms with Crippen LogP contribution in [0.15, 0.2) is 29.2 Å². The Morgan fingerprint density at radius 3 is 2.53 bits per heavy atom. The SMILES string of the molecule is CCc1cc(NS(=O)(=O)c2ccc(C)c(C)c2)n[nH]1. The smallest absolute Gasteiger partial charge is 0.263 e. The first kappa shape index (κ1) is 13.6. The van der Waals surface area contributed by atoms with Crippen molar-refractivity contribution >= 4 is 15.8 Å². The Morgan fingerprint density at radius 1 is 1.21 bits per heavy atom. The number of aromatic amines is 1. The van der Waals surface area contributed by atoms with Gasteiger partial charge in [-0.2, -0.15) is 5.10 Å².